The Bertz CT molecular complexity index is 466. The first-order valence-electron chi connectivity index (χ1n) is 6.33. The van der Waals surface area contributed by atoms with E-state index < -0.39 is 0 Å². The molecule has 92 valence electrons. The van der Waals surface area contributed by atoms with Gasteiger partial charge in [0, 0.05) is 11.1 Å². The molecule has 0 saturated heterocycles. The first kappa shape index (κ1) is 11.5. The van der Waals surface area contributed by atoms with Gasteiger partial charge in [-0.3, -0.25) is 0 Å². The van der Waals surface area contributed by atoms with E-state index in [0.29, 0.717) is 0 Å². The lowest BCUT2D eigenvalue weighted by molar-refractivity contribution is 0.399. The second-order valence-corrected chi connectivity index (χ2v) is 6.12. The van der Waals surface area contributed by atoms with E-state index in [0.717, 1.165) is 29.5 Å². The molecule has 0 atom stereocenters. The molecule has 0 heterocycles. The van der Waals surface area contributed by atoms with Crippen molar-refractivity contribution in [2.75, 3.05) is 7.11 Å². The van der Waals surface area contributed by atoms with E-state index in [-0.39, 0.29) is 5.54 Å². The van der Waals surface area contributed by atoms with Crippen LogP contribution in [-0.2, 0) is 18.4 Å². The molecular weight excluding hydrogens is 278 g/mol. The molecule has 2 nitrogen and oxygen atoms in total. The molecule has 0 unspecified atom stereocenters. The van der Waals surface area contributed by atoms with Crippen LogP contribution in [0.15, 0.2) is 10.5 Å². The molecule has 0 amide bonds. The molecule has 0 aliphatic heterocycles. The Morgan fingerprint density at radius 2 is 2.00 bits per heavy atom. The van der Waals surface area contributed by atoms with E-state index in [2.05, 4.69) is 22.0 Å². The van der Waals surface area contributed by atoms with E-state index in [1.165, 1.54) is 36.0 Å². The fraction of sp³-hybridized carbons (Fsp3) is 0.571. The summed E-state index contributed by atoms with van der Waals surface area (Å²) in [5.41, 5.74) is 10.5. The molecule has 3 heteroatoms. The second kappa shape index (κ2) is 3.99. The van der Waals surface area contributed by atoms with Crippen molar-refractivity contribution in [1.29, 1.82) is 0 Å². The van der Waals surface area contributed by atoms with Gasteiger partial charge in [0.15, 0.2) is 0 Å². The van der Waals surface area contributed by atoms with Gasteiger partial charge in [-0.2, -0.15) is 0 Å². The Kier molecular flexibility index (Phi) is 2.71. The summed E-state index contributed by atoms with van der Waals surface area (Å²) in [5.74, 6) is 0.964. The van der Waals surface area contributed by atoms with Gasteiger partial charge in [-0.25, -0.2) is 0 Å². The molecule has 3 rings (SSSR count). The Hall–Kier alpha value is -0.540. The Balaban J connectivity index is 2.23. The minimum Gasteiger partial charge on any atom is -0.495 e. The molecule has 0 bridgehead atoms. The van der Waals surface area contributed by atoms with Crippen molar-refractivity contribution in [2.45, 2.75) is 44.1 Å². The number of hydrogen-bond donors (Lipinski definition) is 1. The highest BCUT2D eigenvalue weighted by atomic mass is 79.9. The van der Waals surface area contributed by atoms with E-state index in [1.54, 1.807) is 7.11 Å². The Morgan fingerprint density at radius 1 is 1.29 bits per heavy atom. The molecule has 0 aromatic heterocycles. The number of nitrogens with two attached hydrogens (primary N) is 1. The van der Waals surface area contributed by atoms with Crippen LogP contribution in [0.4, 0.5) is 0 Å². The number of aryl methyl sites for hydroxylation is 1. The minimum absolute atomic E-state index is 0.115. The SMILES string of the molecule is COc1c(Br)cc2c(c1C1(N)CC1)CCCC2. The van der Waals surface area contributed by atoms with Crippen molar-refractivity contribution < 1.29 is 4.74 Å². The molecule has 17 heavy (non-hydrogen) atoms. The highest BCUT2D eigenvalue weighted by molar-refractivity contribution is 9.10. The maximum atomic E-state index is 6.44. The predicted octanol–water partition coefficient (Wildman–Crippen LogP) is 3.28. The lowest BCUT2D eigenvalue weighted by Crippen LogP contribution is -2.24. The molecule has 1 aromatic rings. The van der Waals surface area contributed by atoms with Gasteiger partial charge in [0.25, 0.3) is 0 Å². The number of halogens is 1. The molecule has 2 aliphatic rings. The van der Waals surface area contributed by atoms with Crippen molar-refractivity contribution in [3.63, 3.8) is 0 Å². The van der Waals surface area contributed by atoms with Crippen molar-refractivity contribution in [1.82, 2.24) is 0 Å². The molecule has 0 spiro atoms. The van der Waals surface area contributed by atoms with Crippen LogP contribution in [0.25, 0.3) is 0 Å². The fourth-order valence-corrected chi connectivity index (χ4v) is 3.60. The van der Waals surface area contributed by atoms with Crippen molar-refractivity contribution in [3.8, 4) is 5.75 Å². The van der Waals surface area contributed by atoms with Crippen molar-refractivity contribution >= 4 is 15.9 Å². The number of benzene rings is 1. The first-order valence-corrected chi connectivity index (χ1v) is 7.12. The van der Waals surface area contributed by atoms with Gasteiger partial charge >= 0.3 is 0 Å². The van der Waals surface area contributed by atoms with E-state index in [9.17, 15) is 0 Å². The molecule has 1 aromatic carbocycles. The van der Waals surface area contributed by atoms with Gasteiger partial charge in [0.2, 0.25) is 0 Å². The zero-order chi connectivity index (χ0) is 12.0. The zero-order valence-electron chi connectivity index (χ0n) is 10.2. The molecule has 1 saturated carbocycles. The maximum absolute atomic E-state index is 6.44. The zero-order valence-corrected chi connectivity index (χ0v) is 11.8. The number of fused-ring (bicyclic) bond motifs is 1. The van der Waals surface area contributed by atoms with Crippen LogP contribution < -0.4 is 10.5 Å². The van der Waals surface area contributed by atoms with Crippen LogP contribution in [0.2, 0.25) is 0 Å². The van der Waals surface area contributed by atoms with E-state index >= 15 is 0 Å². The molecule has 2 aliphatic carbocycles. The third-order valence-corrected chi connectivity index (χ3v) is 4.64. The number of methoxy groups -OCH3 is 1. The largest absolute Gasteiger partial charge is 0.495 e. The fourth-order valence-electron chi connectivity index (χ4n) is 2.96. The van der Waals surface area contributed by atoms with Gasteiger partial charge in [0.05, 0.1) is 11.6 Å². The minimum atomic E-state index is -0.115. The topological polar surface area (TPSA) is 35.2 Å². The summed E-state index contributed by atoms with van der Waals surface area (Å²) < 4.78 is 6.64. The lowest BCUT2D eigenvalue weighted by Gasteiger charge is -2.26. The first-order chi connectivity index (χ1) is 8.15. The Labute approximate surface area is 111 Å². The normalized spacial score (nSPS) is 20.9. The summed E-state index contributed by atoms with van der Waals surface area (Å²) in [6, 6.07) is 2.22. The highest BCUT2D eigenvalue weighted by Crippen LogP contribution is 2.51. The summed E-state index contributed by atoms with van der Waals surface area (Å²) in [4.78, 5) is 0. The van der Waals surface area contributed by atoms with Crippen LogP contribution in [0.1, 0.15) is 42.4 Å². The second-order valence-electron chi connectivity index (χ2n) is 5.27. The van der Waals surface area contributed by atoms with Gasteiger partial charge in [-0.05, 0) is 71.6 Å². The van der Waals surface area contributed by atoms with Crippen molar-refractivity contribution in [3.05, 3.63) is 27.2 Å². The highest BCUT2D eigenvalue weighted by Gasteiger charge is 2.45. The summed E-state index contributed by atoms with van der Waals surface area (Å²) >= 11 is 3.63. The molecule has 1 fully saturated rings. The quantitative estimate of drug-likeness (QED) is 0.909. The third kappa shape index (κ3) is 1.80. The van der Waals surface area contributed by atoms with Gasteiger partial charge < -0.3 is 10.5 Å². The Morgan fingerprint density at radius 3 is 2.65 bits per heavy atom. The molecule has 2 N–H and O–H groups in total. The summed E-state index contributed by atoms with van der Waals surface area (Å²) in [7, 11) is 1.74. The maximum Gasteiger partial charge on any atom is 0.138 e. The molecular formula is C14H18BrNO. The number of hydrogen-bond acceptors (Lipinski definition) is 2. The average molecular weight is 296 g/mol. The third-order valence-electron chi connectivity index (χ3n) is 4.05. The summed E-state index contributed by atoms with van der Waals surface area (Å²) in [5, 5.41) is 0. The van der Waals surface area contributed by atoms with Gasteiger partial charge in [-0.1, -0.05) is 0 Å². The number of rotatable bonds is 2. The van der Waals surface area contributed by atoms with Gasteiger partial charge in [0.1, 0.15) is 5.75 Å². The van der Waals surface area contributed by atoms with E-state index in [4.69, 9.17) is 10.5 Å². The van der Waals surface area contributed by atoms with Crippen LogP contribution in [0, 0.1) is 0 Å². The average Bonchev–Trinajstić information content (AvgIpc) is 3.06. The molecule has 0 radical (unpaired) electrons. The van der Waals surface area contributed by atoms with Crippen LogP contribution in [0.3, 0.4) is 0 Å². The summed E-state index contributed by atoms with van der Waals surface area (Å²) in [6.45, 7) is 0. The lowest BCUT2D eigenvalue weighted by atomic mass is 9.84. The number of ether oxygens (including phenoxy) is 1. The predicted molar refractivity (Wildman–Crippen MR) is 72.4 cm³/mol. The van der Waals surface area contributed by atoms with Gasteiger partial charge in [-0.15, -0.1) is 0 Å². The standard InChI is InChI=1S/C14H18BrNO/c1-17-13-11(15)8-9-4-2-3-5-10(9)12(13)14(16)6-7-14/h8H,2-7,16H2,1H3. The smallest absolute Gasteiger partial charge is 0.138 e. The van der Waals surface area contributed by atoms with E-state index in [1.807, 2.05) is 0 Å². The summed E-state index contributed by atoms with van der Waals surface area (Å²) in [6.07, 6.45) is 7.09. The van der Waals surface area contributed by atoms with Crippen LogP contribution in [0.5, 0.6) is 5.75 Å². The monoisotopic (exact) mass is 295 g/mol. The van der Waals surface area contributed by atoms with Crippen molar-refractivity contribution in [2.24, 2.45) is 5.73 Å². The van der Waals surface area contributed by atoms with Crippen LogP contribution in [-0.4, -0.2) is 7.11 Å². The van der Waals surface area contributed by atoms with Crippen LogP contribution >= 0.6 is 15.9 Å².